The molecule has 3 aromatic rings. The Morgan fingerprint density at radius 2 is 1.47 bits per heavy atom. The van der Waals surface area contributed by atoms with E-state index in [1.807, 2.05) is 6.92 Å². The first-order valence-electron chi connectivity index (χ1n) is 8.62. The molecule has 0 atom stereocenters. The van der Waals surface area contributed by atoms with Crippen molar-refractivity contribution in [2.24, 2.45) is 5.73 Å². The Bertz CT molecular complexity index is 1270. The van der Waals surface area contributed by atoms with Crippen LogP contribution in [-0.4, -0.2) is 22.9 Å². The second-order valence-electron chi connectivity index (χ2n) is 6.27. The van der Waals surface area contributed by atoms with Crippen LogP contribution in [0.2, 0.25) is 0 Å². The van der Waals surface area contributed by atoms with Crippen molar-refractivity contribution >= 4 is 31.9 Å². The van der Waals surface area contributed by atoms with E-state index in [0.29, 0.717) is 4.31 Å². The highest BCUT2D eigenvalue weighted by atomic mass is 32.2. The second kappa shape index (κ2) is 8.17. The highest BCUT2D eigenvalue weighted by Crippen LogP contribution is 2.28. The van der Waals surface area contributed by atoms with Gasteiger partial charge in [-0.05, 0) is 43.3 Å². The van der Waals surface area contributed by atoms with Gasteiger partial charge in [-0.2, -0.15) is 12.7 Å². The number of primary amides is 1. The largest absolute Gasteiger partial charge is 0.379 e. The van der Waals surface area contributed by atoms with E-state index in [4.69, 9.17) is 9.92 Å². The number of hydrogen-bond donors (Lipinski definition) is 1. The van der Waals surface area contributed by atoms with Crippen LogP contribution in [0.15, 0.2) is 88.7 Å². The zero-order valence-electron chi connectivity index (χ0n) is 15.8. The Balaban J connectivity index is 1.98. The number of nitrogens with zero attached hydrogens (tertiary/aromatic N) is 1. The Morgan fingerprint density at radius 1 is 0.833 bits per heavy atom. The molecule has 10 heteroatoms. The van der Waals surface area contributed by atoms with Crippen LogP contribution in [-0.2, 0) is 20.1 Å². The summed E-state index contributed by atoms with van der Waals surface area (Å²) in [5, 5.41) is 0. The van der Waals surface area contributed by atoms with E-state index in [2.05, 4.69) is 0 Å². The van der Waals surface area contributed by atoms with Crippen molar-refractivity contribution in [1.82, 2.24) is 0 Å². The first kappa shape index (κ1) is 21.3. The van der Waals surface area contributed by atoms with Crippen LogP contribution in [0.3, 0.4) is 0 Å². The van der Waals surface area contributed by atoms with Gasteiger partial charge in [0.1, 0.15) is 10.6 Å². The van der Waals surface area contributed by atoms with Crippen LogP contribution >= 0.6 is 0 Å². The third-order valence-corrected chi connectivity index (χ3v) is 7.05. The average Bonchev–Trinajstić information content (AvgIpc) is 2.68. The SMILES string of the molecule is Cc1ccc(S(=O)(=O)Oc2cccc(N(C(N)=O)S(=O)(=O)c3ccccc3)c2)cc1. The predicted molar refractivity (Wildman–Crippen MR) is 111 cm³/mol. The summed E-state index contributed by atoms with van der Waals surface area (Å²) < 4.78 is 56.3. The third-order valence-electron chi connectivity index (χ3n) is 4.05. The number of carbonyl (C=O) groups is 1. The molecule has 0 bridgehead atoms. The first-order chi connectivity index (χ1) is 14.1. The minimum atomic E-state index is -4.32. The summed E-state index contributed by atoms with van der Waals surface area (Å²) in [6.45, 7) is 1.81. The van der Waals surface area contributed by atoms with Gasteiger partial charge in [0.2, 0.25) is 0 Å². The van der Waals surface area contributed by atoms with E-state index in [1.165, 1.54) is 54.6 Å². The molecule has 0 aliphatic carbocycles. The molecule has 0 aliphatic rings. The molecule has 0 aromatic heterocycles. The maximum absolute atomic E-state index is 12.9. The molecular weight excluding hydrogens is 428 g/mol. The predicted octanol–water partition coefficient (Wildman–Crippen LogP) is 3.04. The number of amides is 2. The number of benzene rings is 3. The monoisotopic (exact) mass is 446 g/mol. The molecule has 0 spiro atoms. The van der Waals surface area contributed by atoms with E-state index in [1.54, 1.807) is 18.2 Å². The topological polar surface area (TPSA) is 124 Å². The van der Waals surface area contributed by atoms with E-state index in [-0.39, 0.29) is 21.2 Å². The number of anilines is 1. The molecule has 30 heavy (non-hydrogen) atoms. The lowest BCUT2D eigenvalue weighted by atomic mass is 10.2. The van der Waals surface area contributed by atoms with E-state index < -0.39 is 26.2 Å². The number of aryl methyl sites for hydroxylation is 1. The Labute approximate surface area is 174 Å². The number of sulfonamides is 1. The normalized spacial score (nSPS) is 11.6. The van der Waals surface area contributed by atoms with Crippen molar-refractivity contribution in [3.05, 3.63) is 84.4 Å². The minimum absolute atomic E-state index is 0.0674. The Kier molecular flexibility index (Phi) is 5.81. The van der Waals surface area contributed by atoms with E-state index >= 15 is 0 Å². The van der Waals surface area contributed by atoms with Crippen LogP contribution in [0.1, 0.15) is 5.56 Å². The summed E-state index contributed by atoms with van der Waals surface area (Å²) in [4.78, 5) is 11.8. The quantitative estimate of drug-likeness (QED) is 0.581. The van der Waals surface area contributed by atoms with Crippen LogP contribution < -0.4 is 14.2 Å². The molecular formula is C20H18N2O6S2. The molecule has 0 radical (unpaired) electrons. The summed E-state index contributed by atoms with van der Waals surface area (Å²) in [5.41, 5.74) is 6.03. The first-order valence-corrected chi connectivity index (χ1v) is 11.5. The van der Waals surface area contributed by atoms with Gasteiger partial charge in [-0.25, -0.2) is 13.2 Å². The minimum Gasteiger partial charge on any atom is -0.379 e. The fraction of sp³-hybridized carbons (Fsp3) is 0.0500. The van der Waals surface area contributed by atoms with Crippen molar-refractivity contribution < 1.29 is 25.8 Å². The Hall–Kier alpha value is -3.37. The number of nitrogens with two attached hydrogens (primary N) is 1. The molecule has 3 rings (SSSR count). The molecule has 0 heterocycles. The van der Waals surface area contributed by atoms with Crippen LogP contribution in [0, 0.1) is 6.92 Å². The summed E-state index contributed by atoms with van der Waals surface area (Å²) in [6, 6.07) is 17.1. The highest BCUT2D eigenvalue weighted by Gasteiger charge is 2.30. The van der Waals surface area contributed by atoms with Gasteiger partial charge in [0.25, 0.3) is 10.0 Å². The van der Waals surface area contributed by atoms with Gasteiger partial charge < -0.3 is 9.92 Å². The standard InChI is InChI=1S/C20H18N2O6S2/c1-15-10-12-19(13-11-15)30(26,27)28-17-7-5-6-16(14-17)22(20(21)23)29(24,25)18-8-3-2-4-9-18/h2-14H,1H3,(H2,21,23). The molecule has 0 aliphatic heterocycles. The third kappa shape index (κ3) is 4.44. The summed E-state index contributed by atoms with van der Waals surface area (Å²) in [6.07, 6.45) is 0. The lowest BCUT2D eigenvalue weighted by molar-refractivity contribution is 0.257. The number of urea groups is 1. The lowest BCUT2D eigenvalue weighted by Gasteiger charge is -2.21. The molecule has 0 fully saturated rings. The lowest BCUT2D eigenvalue weighted by Crippen LogP contribution is -2.40. The van der Waals surface area contributed by atoms with Crippen LogP contribution in [0.5, 0.6) is 5.75 Å². The van der Waals surface area contributed by atoms with Crippen molar-refractivity contribution in [3.8, 4) is 5.75 Å². The van der Waals surface area contributed by atoms with E-state index in [9.17, 15) is 21.6 Å². The second-order valence-corrected chi connectivity index (χ2v) is 9.60. The highest BCUT2D eigenvalue weighted by molar-refractivity contribution is 7.93. The summed E-state index contributed by atoms with van der Waals surface area (Å²) >= 11 is 0. The van der Waals surface area contributed by atoms with Crippen molar-refractivity contribution in [2.75, 3.05) is 4.31 Å². The van der Waals surface area contributed by atoms with E-state index in [0.717, 1.165) is 11.6 Å². The summed E-state index contributed by atoms with van der Waals surface area (Å²) in [7, 11) is -8.48. The van der Waals surface area contributed by atoms with Crippen molar-refractivity contribution in [3.63, 3.8) is 0 Å². The summed E-state index contributed by atoms with van der Waals surface area (Å²) in [5.74, 6) is -0.178. The van der Waals surface area contributed by atoms with Gasteiger partial charge >= 0.3 is 16.1 Å². The van der Waals surface area contributed by atoms with Gasteiger partial charge in [0, 0.05) is 6.07 Å². The van der Waals surface area contributed by atoms with Gasteiger partial charge in [0.05, 0.1) is 10.6 Å². The molecule has 156 valence electrons. The number of carbonyl (C=O) groups excluding carboxylic acids is 1. The number of rotatable bonds is 6. The van der Waals surface area contributed by atoms with Gasteiger partial charge in [-0.15, -0.1) is 0 Å². The fourth-order valence-corrected chi connectivity index (χ4v) is 4.89. The maximum Gasteiger partial charge on any atom is 0.339 e. The Morgan fingerprint density at radius 3 is 2.07 bits per heavy atom. The van der Waals surface area contributed by atoms with Gasteiger partial charge in [-0.3, -0.25) is 0 Å². The van der Waals surface area contributed by atoms with Crippen LogP contribution in [0.25, 0.3) is 0 Å². The molecule has 8 nitrogen and oxygen atoms in total. The van der Waals surface area contributed by atoms with Crippen molar-refractivity contribution in [1.29, 1.82) is 0 Å². The maximum atomic E-state index is 12.9. The average molecular weight is 447 g/mol. The van der Waals surface area contributed by atoms with Gasteiger partial charge in [0.15, 0.2) is 0 Å². The molecule has 2 amide bonds. The molecule has 0 unspecified atom stereocenters. The molecule has 2 N–H and O–H groups in total. The van der Waals surface area contributed by atoms with Crippen LogP contribution in [0.4, 0.5) is 10.5 Å². The molecule has 3 aromatic carbocycles. The molecule has 0 saturated carbocycles. The number of hydrogen-bond acceptors (Lipinski definition) is 6. The smallest absolute Gasteiger partial charge is 0.339 e. The zero-order chi connectivity index (χ0) is 21.9. The van der Waals surface area contributed by atoms with Crippen molar-refractivity contribution in [2.45, 2.75) is 16.7 Å². The van der Waals surface area contributed by atoms with Gasteiger partial charge in [-0.1, -0.05) is 42.0 Å². The fourth-order valence-electron chi connectivity index (χ4n) is 2.62. The zero-order valence-corrected chi connectivity index (χ0v) is 17.4. The molecule has 0 saturated heterocycles.